The Hall–Kier alpha value is -2.41. The van der Waals surface area contributed by atoms with Gasteiger partial charge in [-0.3, -0.25) is 14.6 Å². The monoisotopic (exact) mass is 315 g/mol. The van der Waals surface area contributed by atoms with Crippen LogP contribution in [0.4, 0.5) is 5.69 Å². The fourth-order valence-corrected chi connectivity index (χ4v) is 3.01. The molecule has 1 fully saturated rings. The number of nitrogens with one attached hydrogen (secondary N) is 1. The maximum absolute atomic E-state index is 12.4. The minimum absolute atomic E-state index is 0.132. The number of amides is 2. The molecule has 2 heterocycles. The smallest absolute Gasteiger partial charge is 0.267 e. The molecule has 1 aromatic rings. The summed E-state index contributed by atoms with van der Waals surface area (Å²) < 4.78 is 0. The maximum Gasteiger partial charge on any atom is 0.267 e. The summed E-state index contributed by atoms with van der Waals surface area (Å²) in [6.45, 7) is 1.80. The number of rotatable bonds is 4. The number of hydrogen-bond donors (Lipinski definition) is 2. The van der Waals surface area contributed by atoms with Gasteiger partial charge in [0.25, 0.3) is 5.91 Å². The first-order valence-electron chi connectivity index (χ1n) is 7.75. The van der Waals surface area contributed by atoms with E-state index in [0.717, 1.165) is 25.2 Å². The van der Waals surface area contributed by atoms with Crippen LogP contribution in [0.1, 0.15) is 12.8 Å². The molecule has 1 saturated heterocycles. The highest BCUT2D eigenvalue weighted by Crippen LogP contribution is 2.24. The highest BCUT2D eigenvalue weighted by atomic mass is 16.2. The Morgan fingerprint density at radius 2 is 2.04 bits per heavy atom. The van der Waals surface area contributed by atoms with E-state index in [1.165, 1.54) is 5.01 Å². The lowest BCUT2D eigenvalue weighted by molar-refractivity contribution is -0.119. The summed E-state index contributed by atoms with van der Waals surface area (Å²) in [5, 5.41) is 8.88. The van der Waals surface area contributed by atoms with E-state index >= 15 is 0 Å². The first kappa shape index (κ1) is 15.5. The molecule has 2 amide bonds. The number of para-hydroxylation sites is 1. The molecule has 7 nitrogen and oxygen atoms in total. The molecule has 2 unspecified atom stereocenters. The zero-order chi connectivity index (χ0) is 16.4. The minimum Gasteiger partial charge on any atom is -0.368 e. The van der Waals surface area contributed by atoms with Crippen LogP contribution in [0.15, 0.2) is 35.4 Å². The summed E-state index contributed by atoms with van der Waals surface area (Å²) in [5.41, 5.74) is 6.58. The molecule has 0 radical (unpaired) electrons. The van der Waals surface area contributed by atoms with Gasteiger partial charge in [-0.15, -0.1) is 0 Å². The molecule has 23 heavy (non-hydrogen) atoms. The van der Waals surface area contributed by atoms with Crippen molar-refractivity contribution in [3.63, 3.8) is 0 Å². The third kappa shape index (κ3) is 3.34. The number of anilines is 1. The largest absolute Gasteiger partial charge is 0.368 e. The standard InChI is InChI=1S/C16H21N5O2/c1-20-8-7-11(10-20)18-16(23)13-9-14(15(17)22)21(19-13)12-5-3-2-4-6-12/h2-6,11,14H,7-10H2,1H3,(H2,17,22)(H,18,23). The molecule has 0 aromatic heterocycles. The molecule has 1 aromatic carbocycles. The second kappa shape index (κ2) is 6.37. The Kier molecular flexibility index (Phi) is 4.29. The fourth-order valence-electron chi connectivity index (χ4n) is 3.01. The van der Waals surface area contributed by atoms with Gasteiger partial charge in [-0.1, -0.05) is 18.2 Å². The number of carbonyl (C=O) groups is 2. The molecule has 0 aliphatic carbocycles. The van der Waals surface area contributed by atoms with E-state index < -0.39 is 11.9 Å². The van der Waals surface area contributed by atoms with Gasteiger partial charge < -0.3 is 16.0 Å². The van der Waals surface area contributed by atoms with Gasteiger partial charge in [-0.05, 0) is 32.1 Å². The number of hydrazone groups is 1. The summed E-state index contributed by atoms with van der Waals surface area (Å²) in [6.07, 6.45) is 1.16. The topological polar surface area (TPSA) is 91.0 Å². The zero-order valence-electron chi connectivity index (χ0n) is 13.1. The van der Waals surface area contributed by atoms with Crippen molar-refractivity contribution in [2.45, 2.75) is 24.9 Å². The molecule has 2 atom stereocenters. The lowest BCUT2D eigenvalue weighted by Gasteiger charge is -2.20. The van der Waals surface area contributed by atoms with Crippen LogP contribution >= 0.6 is 0 Å². The quantitative estimate of drug-likeness (QED) is 0.813. The number of benzene rings is 1. The van der Waals surface area contributed by atoms with E-state index in [1.807, 2.05) is 37.4 Å². The average molecular weight is 315 g/mol. The van der Waals surface area contributed by atoms with E-state index in [0.29, 0.717) is 5.71 Å². The molecule has 0 saturated carbocycles. The molecule has 0 spiro atoms. The van der Waals surface area contributed by atoms with Crippen LogP contribution in [-0.4, -0.2) is 54.6 Å². The summed E-state index contributed by atoms with van der Waals surface area (Å²) in [7, 11) is 2.03. The van der Waals surface area contributed by atoms with Crippen molar-refractivity contribution >= 4 is 23.2 Å². The van der Waals surface area contributed by atoms with Crippen molar-refractivity contribution in [3.05, 3.63) is 30.3 Å². The predicted molar refractivity (Wildman–Crippen MR) is 88.0 cm³/mol. The van der Waals surface area contributed by atoms with Gasteiger partial charge in [-0.25, -0.2) is 0 Å². The first-order valence-corrected chi connectivity index (χ1v) is 7.75. The Morgan fingerprint density at radius 3 is 2.65 bits per heavy atom. The van der Waals surface area contributed by atoms with Crippen LogP contribution in [0.2, 0.25) is 0 Å². The number of carbonyl (C=O) groups excluding carboxylic acids is 2. The van der Waals surface area contributed by atoms with Crippen molar-refractivity contribution in [2.75, 3.05) is 25.1 Å². The molecule has 3 rings (SSSR count). The zero-order valence-corrected chi connectivity index (χ0v) is 13.1. The lowest BCUT2D eigenvalue weighted by Crippen LogP contribution is -2.42. The van der Waals surface area contributed by atoms with Crippen LogP contribution in [0.3, 0.4) is 0 Å². The number of nitrogens with two attached hydrogens (primary N) is 1. The lowest BCUT2D eigenvalue weighted by atomic mass is 10.1. The van der Waals surface area contributed by atoms with Crippen molar-refractivity contribution in [1.82, 2.24) is 10.2 Å². The van der Waals surface area contributed by atoms with Crippen LogP contribution in [-0.2, 0) is 9.59 Å². The van der Waals surface area contributed by atoms with E-state index in [2.05, 4.69) is 15.3 Å². The minimum atomic E-state index is -0.621. The third-order valence-electron chi connectivity index (χ3n) is 4.25. The fraction of sp³-hybridized carbons (Fsp3) is 0.438. The molecular formula is C16H21N5O2. The predicted octanol–water partition coefficient (Wildman–Crippen LogP) is -0.0731. The van der Waals surface area contributed by atoms with Gasteiger partial charge in [0.2, 0.25) is 5.91 Å². The molecule has 3 N–H and O–H groups in total. The molecule has 0 bridgehead atoms. The number of hydrogen-bond acceptors (Lipinski definition) is 5. The van der Waals surface area contributed by atoms with Crippen LogP contribution < -0.4 is 16.1 Å². The average Bonchev–Trinajstić information content (AvgIpc) is 3.15. The molecule has 2 aliphatic rings. The van der Waals surface area contributed by atoms with Crippen molar-refractivity contribution in [2.24, 2.45) is 10.8 Å². The summed E-state index contributed by atoms with van der Waals surface area (Å²) in [6, 6.07) is 8.79. The Balaban J connectivity index is 1.74. The second-order valence-corrected chi connectivity index (χ2v) is 6.07. The van der Waals surface area contributed by atoms with Gasteiger partial charge in [0.1, 0.15) is 11.8 Å². The maximum atomic E-state index is 12.4. The SMILES string of the molecule is CN1CCC(NC(=O)C2=NN(c3ccccc3)C(C(N)=O)C2)C1. The van der Waals surface area contributed by atoms with Gasteiger partial charge in [-0.2, -0.15) is 5.10 Å². The Labute approximate surface area is 135 Å². The first-order chi connectivity index (χ1) is 11.0. The molecule has 2 aliphatic heterocycles. The molecular weight excluding hydrogens is 294 g/mol. The Morgan fingerprint density at radius 1 is 1.30 bits per heavy atom. The van der Waals surface area contributed by atoms with Crippen LogP contribution in [0, 0.1) is 0 Å². The van der Waals surface area contributed by atoms with E-state index in [1.54, 1.807) is 0 Å². The number of likely N-dealkylation sites (tertiary alicyclic amines) is 1. The normalized spacial score (nSPS) is 24.6. The highest BCUT2D eigenvalue weighted by Gasteiger charge is 2.35. The highest BCUT2D eigenvalue weighted by molar-refractivity contribution is 6.40. The number of likely N-dealkylation sites (N-methyl/N-ethyl adjacent to an activating group) is 1. The number of primary amides is 1. The van der Waals surface area contributed by atoms with Crippen molar-refractivity contribution < 1.29 is 9.59 Å². The van der Waals surface area contributed by atoms with E-state index in [-0.39, 0.29) is 18.4 Å². The van der Waals surface area contributed by atoms with Gasteiger partial charge in [0.05, 0.1) is 5.69 Å². The van der Waals surface area contributed by atoms with E-state index in [4.69, 9.17) is 5.73 Å². The van der Waals surface area contributed by atoms with Gasteiger partial charge >= 0.3 is 0 Å². The Bertz CT molecular complexity index is 631. The second-order valence-electron chi connectivity index (χ2n) is 6.07. The molecule has 122 valence electrons. The summed E-state index contributed by atoms with van der Waals surface area (Å²) in [5.74, 6) is -0.698. The third-order valence-corrected chi connectivity index (χ3v) is 4.25. The summed E-state index contributed by atoms with van der Waals surface area (Å²) >= 11 is 0. The van der Waals surface area contributed by atoms with Crippen LogP contribution in [0.25, 0.3) is 0 Å². The summed E-state index contributed by atoms with van der Waals surface area (Å²) in [4.78, 5) is 26.3. The van der Waals surface area contributed by atoms with Gasteiger partial charge in [0.15, 0.2) is 0 Å². The van der Waals surface area contributed by atoms with Gasteiger partial charge in [0, 0.05) is 19.0 Å². The molecule has 7 heteroatoms. The number of nitrogens with zero attached hydrogens (tertiary/aromatic N) is 3. The van der Waals surface area contributed by atoms with Crippen molar-refractivity contribution in [3.8, 4) is 0 Å². The van der Waals surface area contributed by atoms with Crippen molar-refractivity contribution in [1.29, 1.82) is 0 Å². The van der Waals surface area contributed by atoms with E-state index in [9.17, 15) is 9.59 Å². The van der Waals surface area contributed by atoms with Crippen LogP contribution in [0.5, 0.6) is 0 Å².